The topological polar surface area (TPSA) is 106 Å². The highest BCUT2D eigenvalue weighted by atomic mass is 35.5. The van der Waals surface area contributed by atoms with Crippen LogP contribution in [0.25, 0.3) is 0 Å². The van der Waals surface area contributed by atoms with Crippen molar-refractivity contribution in [3.8, 4) is 0 Å². The molecule has 1 aromatic rings. The quantitative estimate of drug-likeness (QED) is 0.818. The van der Waals surface area contributed by atoms with Crippen molar-refractivity contribution < 1.29 is 9.53 Å². The van der Waals surface area contributed by atoms with E-state index in [4.69, 9.17) is 16.2 Å². The van der Waals surface area contributed by atoms with Crippen LogP contribution >= 0.6 is 12.4 Å². The fourth-order valence-corrected chi connectivity index (χ4v) is 2.24. The van der Waals surface area contributed by atoms with Crippen molar-refractivity contribution in [2.75, 3.05) is 11.5 Å². The SMILES string of the molecule is CCOC(=O)c1cccc(N2C(N)=NC(N)=NC2(C)C)c1.Cl. The summed E-state index contributed by atoms with van der Waals surface area (Å²) in [7, 11) is 0. The molecule has 1 heterocycles. The number of carbonyl (C=O) groups is 1. The van der Waals surface area contributed by atoms with Gasteiger partial charge >= 0.3 is 5.97 Å². The molecule has 120 valence electrons. The Bertz CT molecular complexity index is 627. The van der Waals surface area contributed by atoms with Crippen LogP contribution in [0.1, 0.15) is 31.1 Å². The van der Waals surface area contributed by atoms with E-state index < -0.39 is 5.66 Å². The van der Waals surface area contributed by atoms with E-state index in [1.807, 2.05) is 19.9 Å². The number of hydrogen-bond acceptors (Lipinski definition) is 7. The number of anilines is 1. The van der Waals surface area contributed by atoms with E-state index in [0.29, 0.717) is 17.9 Å². The maximum Gasteiger partial charge on any atom is 0.338 e. The van der Waals surface area contributed by atoms with Crippen molar-refractivity contribution in [2.24, 2.45) is 21.5 Å². The van der Waals surface area contributed by atoms with Gasteiger partial charge in [0.25, 0.3) is 0 Å². The average Bonchev–Trinajstić information content (AvgIpc) is 2.37. The van der Waals surface area contributed by atoms with Crippen LogP contribution in [-0.2, 0) is 4.74 Å². The highest BCUT2D eigenvalue weighted by Crippen LogP contribution is 2.28. The summed E-state index contributed by atoms with van der Waals surface area (Å²) in [6.45, 7) is 5.80. The molecule has 0 radical (unpaired) electrons. The first-order chi connectivity index (χ1) is 9.85. The minimum absolute atomic E-state index is 0. The predicted octanol–water partition coefficient (Wildman–Crippen LogP) is 1.47. The van der Waals surface area contributed by atoms with Crippen molar-refractivity contribution in [1.29, 1.82) is 0 Å². The molecular formula is C14H20ClN5O2. The third-order valence-electron chi connectivity index (χ3n) is 3.01. The zero-order valence-electron chi connectivity index (χ0n) is 12.7. The summed E-state index contributed by atoms with van der Waals surface area (Å²) in [5, 5.41) is 0. The summed E-state index contributed by atoms with van der Waals surface area (Å²) in [5.74, 6) is -0.0171. The maximum atomic E-state index is 11.8. The Morgan fingerprint density at radius 3 is 2.64 bits per heavy atom. The second-order valence-corrected chi connectivity index (χ2v) is 5.04. The van der Waals surface area contributed by atoms with Crippen LogP contribution < -0.4 is 16.4 Å². The lowest BCUT2D eigenvalue weighted by Crippen LogP contribution is -2.54. The minimum Gasteiger partial charge on any atom is -0.462 e. The largest absolute Gasteiger partial charge is 0.462 e. The fourth-order valence-electron chi connectivity index (χ4n) is 2.24. The number of benzene rings is 1. The Hall–Kier alpha value is -2.28. The summed E-state index contributed by atoms with van der Waals surface area (Å²) in [4.78, 5) is 21.8. The van der Waals surface area contributed by atoms with Crippen LogP contribution in [0.2, 0.25) is 0 Å². The van der Waals surface area contributed by atoms with Gasteiger partial charge in [0.15, 0.2) is 0 Å². The molecule has 1 aliphatic rings. The average molecular weight is 326 g/mol. The number of carbonyl (C=O) groups excluding carboxylic acids is 1. The standard InChI is InChI=1S/C14H19N5O2.ClH/c1-4-21-11(20)9-6-5-7-10(8-9)19-13(16)17-12(15)18-14(19,2)3;/h5-8H,4H2,1-3H3,(H4,15,16,17,18);1H. The van der Waals surface area contributed by atoms with Gasteiger partial charge in [-0.2, -0.15) is 4.99 Å². The molecular weight excluding hydrogens is 306 g/mol. The number of aliphatic imine (C=N–C) groups is 2. The fraction of sp³-hybridized carbons (Fsp3) is 0.357. The van der Waals surface area contributed by atoms with E-state index >= 15 is 0 Å². The first-order valence-corrected chi connectivity index (χ1v) is 6.62. The molecule has 0 aliphatic carbocycles. The molecule has 4 N–H and O–H groups in total. The molecule has 0 saturated carbocycles. The minimum atomic E-state index is -0.691. The van der Waals surface area contributed by atoms with E-state index in [1.54, 1.807) is 30.0 Å². The Labute approximate surface area is 135 Å². The molecule has 8 heteroatoms. The number of hydrogen-bond donors (Lipinski definition) is 2. The van der Waals surface area contributed by atoms with Crippen LogP contribution in [0, 0.1) is 0 Å². The van der Waals surface area contributed by atoms with Crippen molar-refractivity contribution in [3.05, 3.63) is 29.8 Å². The van der Waals surface area contributed by atoms with Gasteiger partial charge < -0.3 is 16.2 Å². The van der Waals surface area contributed by atoms with Gasteiger partial charge in [-0.05, 0) is 39.0 Å². The molecule has 0 bridgehead atoms. The van der Waals surface area contributed by atoms with Crippen LogP contribution in [0.15, 0.2) is 34.3 Å². The van der Waals surface area contributed by atoms with Crippen molar-refractivity contribution >= 4 is 36.0 Å². The molecule has 0 atom stereocenters. The lowest BCUT2D eigenvalue weighted by atomic mass is 10.1. The van der Waals surface area contributed by atoms with E-state index in [2.05, 4.69) is 9.98 Å². The molecule has 7 nitrogen and oxygen atoms in total. The maximum absolute atomic E-state index is 11.8. The smallest absolute Gasteiger partial charge is 0.338 e. The highest BCUT2D eigenvalue weighted by molar-refractivity contribution is 6.06. The second kappa shape index (κ2) is 6.65. The summed E-state index contributed by atoms with van der Waals surface area (Å²) >= 11 is 0. The van der Waals surface area contributed by atoms with Crippen molar-refractivity contribution in [2.45, 2.75) is 26.4 Å². The lowest BCUT2D eigenvalue weighted by molar-refractivity contribution is 0.0526. The highest BCUT2D eigenvalue weighted by Gasteiger charge is 2.33. The van der Waals surface area contributed by atoms with Gasteiger partial charge in [0.1, 0.15) is 5.66 Å². The number of ether oxygens (including phenoxy) is 1. The van der Waals surface area contributed by atoms with Crippen LogP contribution in [0.3, 0.4) is 0 Å². The van der Waals surface area contributed by atoms with Gasteiger partial charge in [0.2, 0.25) is 11.9 Å². The predicted molar refractivity (Wildman–Crippen MR) is 89.4 cm³/mol. The van der Waals surface area contributed by atoms with Crippen LogP contribution in [0.4, 0.5) is 5.69 Å². The monoisotopic (exact) mass is 325 g/mol. The number of nitrogens with zero attached hydrogens (tertiary/aromatic N) is 3. The van der Waals surface area contributed by atoms with Crippen molar-refractivity contribution in [1.82, 2.24) is 0 Å². The summed E-state index contributed by atoms with van der Waals surface area (Å²) in [5.41, 5.74) is 12.1. The van der Waals surface area contributed by atoms with E-state index in [1.165, 1.54) is 0 Å². The first-order valence-electron chi connectivity index (χ1n) is 6.62. The Morgan fingerprint density at radius 2 is 2.05 bits per heavy atom. The normalized spacial score (nSPS) is 16.2. The number of esters is 1. The van der Waals surface area contributed by atoms with Gasteiger partial charge in [0.05, 0.1) is 12.2 Å². The molecule has 0 saturated heterocycles. The molecule has 22 heavy (non-hydrogen) atoms. The number of guanidine groups is 2. The van der Waals surface area contributed by atoms with Gasteiger partial charge in [0, 0.05) is 5.69 Å². The summed E-state index contributed by atoms with van der Waals surface area (Å²) in [6, 6.07) is 6.96. The Balaban J connectivity index is 0.00000242. The Morgan fingerprint density at radius 1 is 1.36 bits per heavy atom. The molecule has 2 rings (SSSR count). The number of rotatable bonds is 3. The van der Waals surface area contributed by atoms with Crippen LogP contribution in [0.5, 0.6) is 0 Å². The lowest BCUT2D eigenvalue weighted by Gasteiger charge is -2.38. The van der Waals surface area contributed by atoms with E-state index in [0.717, 1.165) is 0 Å². The molecule has 1 aromatic carbocycles. The Kier molecular flexibility index (Phi) is 5.38. The van der Waals surface area contributed by atoms with Gasteiger partial charge in [-0.1, -0.05) is 6.07 Å². The molecule has 0 spiro atoms. The van der Waals surface area contributed by atoms with Gasteiger partial charge in [-0.25, -0.2) is 9.79 Å². The third kappa shape index (κ3) is 3.48. The zero-order valence-corrected chi connectivity index (χ0v) is 13.6. The summed E-state index contributed by atoms with van der Waals surface area (Å²) < 4.78 is 5.00. The third-order valence-corrected chi connectivity index (χ3v) is 3.01. The summed E-state index contributed by atoms with van der Waals surface area (Å²) in [6.07, 6.45) is 0. The zero-order chi connectivity index (χ0) is 15.6. The molecule has 0 amide bonds. The van der Waals surface area contributed by atoms with Gasteiger partial charge in [-0.3, -0.25) is 4.90 Å². The van der Waals surface area contributed by atoms with E-state index in [-0.39, 0.29) is 30.3 Å². The molecule has 0 aromatic heterocycles. The van der Waals surface area contributed by atoms with Crippen molar-refractivity contribution in [3.63, 3.8) is 0 Å². The molecule has 0 unspecified atom stereocenters. The first kappa shape index (κ1) is 17.8. The number of nitrogens with two attached hydrogens (primary N) is 2. The van der Waals surface area contributed by atoms with Crippen LogP contribution in [-0.4, -0.2) is 30.2 Å². The van der Waals surface area contributed by atoms with Gasteiger partial charge in [-0.15, -0.1) is 12.4 Å². The molecule has 1 aliphatic heterocycles. The number of halogens is 1. The van der Waals surface area contributed by atoms with E-state index in [9.17, 15) is 4.79 Å². The second-order valence-electron chi connectivity index (χ2n) is 5.04. The molecule has 0 fully saturated rings.